The first-order valence-electron chi connectivity index (χ1n) is 6.66. The lowest BCUT2D eigenvalue weighted by molar-refractivity contribution is 0.0605. The molecule has 0 aliphatic carbocycles. The lowest BCUT2D eigenvalue weighted by atomic mass is 9.90. The molecule has 0 radical (unpaired) electrons. The van der Waals surface area contributed by atoms with Crippen LogP contribution in [0, 0.1) is 5.92 Å². The van der Waals surface area contributed by atoms with E-state index in [1.165, 1.54) is 19.3 Å². The van der Waals surface area contributed by atoms with Crippen molar-refractivity contribution in [2.75, 3.05) is 20.3 Å². The van der Waals surface area contributed by atoms with Gasteiger partial charge in [-0.05, 0) is 50.8 Å². The summed E-state index contributed by atoms with van der Waals surface area (Å²) in [6, 6.07) is 4.62. The highest BCUT2D eigenvalue weighted by atomic mass is 16.5. The summed E-state index contributed by atoms with van der Waals surface area (Å²) in [5.74, 6) is 1.93. The van der Waals surface area contributed by atoms with E-state index < -0.39 is 0 Å². The Kier molecular flexibility index (Phi) is 5.08. The number of hydrogen-bond acceptors (Lipinski definition) is 3. The lowest BCUT2D eigenvalue weighted by Gasteiger charge is -2.26. The van der Waals surface area contributed by atoms with E-state index in [1.807, 2.05) is 6.07 Å². The summed E-state index contributed by atoms with van der Waals surface area (Å²) in [6.07, 6.45) is 7.64. The number of rotatable bonds is 6. The van der Waals surface area contributed by atoms with E-state index >= 15 is 0 Å². The topological polar surface area (TPSA) is 34.4 Å². The third-order valence-electron chi connectivity index (χ3n) is 3.69. The molecule has 96 valence electrons. The van der Waals surface area contributed by atoms with Gasteiger partial charge in [-0.25, -0.2) is 0 Å². The molecular weight excluding hydrogens is 214 g/mol. The van der Waals surface area contributed by atoms with Crippen LogP contribution in [0.3, 0.4) is 0 Å². The third-order valence-corrected chi connectivity index (χ3v) is 3.69. The zero-order valence-electron chi connectivity index (χ0n) is 10.7. The van der Waals surface area contributed by atoms with E-state index in [-0.39, 0.29) is 0 Å². The molecule has 1 N–H and O–H groups in total. The van der Waals surface area contributed by atoms with Gasteiger partial charge in [-0.1, -0.05) is 0 Å². The second-order valence-corrected chi connectivity index (χ2v) is 4.90. The molecule has 1 aromatic rings. The molecule has 2 heterocycles. The number of aryl methyl sites for hydroxylation is 1. The Hall–Kier alpha value is -0.800. The quantitative estimate of drug-likeness (QED) is 0.826. The highest BCUT2D eigenvalue weighted by Gasteiger charge is 2.18. The third kappa shape index (κ3) is 4.17. The van der Waals surface area contributed by atoms with Gasteiger partial charge in [0.2, 0.25) is 0 Å². The van der Waals surface area contributed by atoms with Crippen molar-refractivity contribution in [3.63, 3.8) is 0 Å². The Morgan fingerprint density at radius 1 is 1.41 bits per heavy atom. The molecule has 1 aromatic heterocycles. The van der Waals surface area contributed by atoms with Crippen LogP contribution in [0.4, 0.5) is 0 Å². The van der Waals surface area contributed by atoms with Crippen molar-refractivity contribution in [2.45, 2.75) is 38.1 Å². The Bertz CT molecular complexity index is 291. The van der Waals surface area contributed by atoms with Crippen LogP contribution in [0.5, 0.6) is 0 Å². The van der Waals surface area contributed by atoms with Gasteiger partial charge in [0, 0.05) is 25.7 Å². The predicted octanol–water partition coefficient (Wildman–Crippen LogP) is 2.62. The van der Waals surface area contributed by atoms with Crippen LogP contribution in [0.1, 0.15) is 31.4 Å². The number of nitrogens with one attached hydrogen (secondary N) is 1. The van der Waals surface area contributed by atoms with Crippen molar-refractivity contribution in [2.24, 2.45) is 5.92 Å². The maximum Gasteiger partial charge on any atom is 0.103 e. The van der Waals surface area contributed by atoms with Crippen LogP contribution in [0.25, 0.3) is 0 Å². The molecule has 1 fully saturated rings. The van der Waals surface area contributed by atoms with Gasteiger partial charge < -0.3 is 14.5 Å². The molecule has 3 nitrogen and oxygen atoms in total. The van der Waals surface area contributed by atoms with Gasteiger partial charge in [-0.2, -0.15) is 0 Å². The number of ether oxygens (including phenoxy) is 1. The van der Waals surface area contributed by atoms with Crippen LogP contribution in [-0.2, 0) is 11.2 Å². The van der Waals surface area contributed by atoms with Crippen molar-refractivity contribution in [1.29, 1.82) is 0 Å². The van der Waals surface area contributed by atoms with Crippen molar-refractivity contribution >= 4 is 0 Å². The van der Waals surface area contributed by atoms with Gasteiger partial charge in [0.15, 0.2) is 0 Å². The largest absolute Gasteiger partial charge is 0.469 e. The summed E-state index contributed by atoms with van der Waals surface area (Å²) < 4.78 is 10.8. The molecule has 0 bridgehead atoms. The molecule has 0 saturated carbocycles. The fraction of sp³-hybridized carbons (Fsp3) is 0.714. The molecular formula is C14H23NO2. The Morgan fingerprint density at radius 2 is 2.24 bits per heavy atom. The van der Waals surface area contributed by atoms with Crippen LogP contribution in [0.15, 0.2) is 22.8 Å². The minimum absolute atomic E-state index is 0.600. The lowest BCUT2D eigenvalue weighted by Crippen LogP contribution is -2.30. The molecule has 1 aliphatic rings. The normalized spacial score (nSPS) is 19.4. The second-order valence-electron chi connectivity index (χ2n) is 4.90. The molecule has 0 spiro atoms. The first-order valence-corrected chi connectivity index (χ1v) is 6.66. The SMILES string of the molecule is CNC(CCc1ccco1)CC1CCOCC1. The smallest absolute Gasteiger partial charge is 0.103 e. The maximum absolute atomic E-state index is 5.40. The number of furan rings is 1. The van der Waals surface area contributed by atoms with Crippen molar-refractivity contribution in [3.05, 3.63) is 24.2 Å². The summed E-state index contributed by atoms with van der Waals surface area (Å²) in [7, 11) is 2.06. The summed E-state index contributed by atoms with van der Waals surface area (Å²) in [6.45, 7) is 1.89. The summed E-state index contributed by atoms with van der Waals surface area (Å²) in [4.78, 5) is 0. The summed E-state index contributed by atoms with van der Waals surface area (Å²) >= 11 is 0. The van der Waals surface area contributed by atoms with E-state index in [0.717, 1.165) is 37.7 Å². The molecule has 1 unspecified atom stereocenters. The van der Waals surface area contributed by atoms with Crippen molar-refractivity contribution in [3.8, 4) is 0 Å². The zero-order valence-corrected chi connectivity index (χ0v) is 10.7. The molecule has 1 atom stereocenters. The molecule has 0 amide bonds. The van der Waals surface area contributed by atoms with E-state index in [1.54, 1.807) is 6.26 Å². The maximum atomic E-state index is 5.40. The molecule has 1 saturated heterocycles. The van der Waals surface area contributed by atoms with Gasteiger partial charge in [0.05, 0.1) is 6.26 Å². The summed E-state index contributed by atoms with van der Waals surface area (Å²) in [5, 5.41) is 3.43. The Labute approximate surface area is 104 Å². The Morgan fingerprint density at radius 3 is 2.88 bits per heavy atom. The molecule has 17 heavy (non-hydrogen) atoms. The number of hydrogen-bond donors (Lipinski definition) is 1. The van der Waals surface area contributed by atoms with Crippen LogP contribution < -0.4 is 5.32 Å². The minimum Gasteiger partial charge on any atom is -0.469 e. The Balaban J connectivity index is 1.72. The fourth-order valence-corrected chi connectivity index (χ4v) is 2.54. The molecule has 1 aliphatic heterocycles. The van der Waals surface area contributed by atoms with E-state index in [9.17, 15) is 0 Å². The molecule has 3 heteroatoms. The van der Waals surface area contributed by atoms with Gasteiger partial charge in [-0.15, -0.1) is 0 Å². The molecule has 0 aromatic carbocycles. The van der Waals surface area contributed by atoms with Crippen LogP contribution >= 0.6 is 0 Å². The van der Waals surface area contributed by atoms with Crippen molar-refractivity contribution in [1.82, 2.24) is 5.32 Å². The standard InChI is InChI=1S/C14H23NO2/c1-15-13(4-5-14-3-2-8-17-14)11-12-6-9-16-10-7-12/h2-3,8,12-13,15H,4-7,9-11H2,1H3. The molecule has 2 rings (SSSR count). The fourth-order valence-electron chi connectivity index (χ4n) is 2.54. The second kappa shape index (κ2) is 6.82. The van der Waals surface area contributed by atoms with E-state index in [4.69, 9.17) is 9.15 Å². The first-order chi connectivity index (χ1) is 8.38. The van der Waals surface area contributed by atoms with Crippen LogP contribution in [-0.4, -0.2) is 26.3 Å². The average molecular weight is 237 g/mol. The predicted molar refractivity (Wildman–Crippen MR) is 68.0 cm³/mol. The van der Waals surface area contributed by atoms with E-state index in [0.29, 0.717) is 6.04 Å². The van der Waals surface area contributed by atoms with Gasteiger partial charge in [0.25, 0.3) is 0 Å². The van der Waals surface area contributed by atoms with Crippen molar-refractivity contribution < 1.29 is 9.15 Å². The highest BCUT2D eigenvalue weighted by Crippen LogP contribution is 2.21. The zero-order chi connectivity index (χ0) is 11.9. The van der Waals surface area contributed by atoms with Crippen LogP contribution in [0.2, 0.25) is 0 Å². The highest BCUT2D eigenvalue weighted by molar-refractivity contribution is 4.98. The van der Waals surface area contributed by atoms with E-state index in [2.05, 4.69) is 18.4 Å². The average Bonchev–Trinajstić information content (AvgIpc) is 2.89. The monoisotopic (exact) mass is 237 g/mol. The first kappa shape index (κ1) is 12.7. The summed E-state index contributed by atoms with van der Waals surface area (Å²) in [5.41, 5.74) is 0. The minimum atomic E-state index is 0.600. The van der Waals surface area contributed by atoms with Gasteiger partial charge >= 0.3 is 0 Å². The van der Waals surface area contributed by atoms with Gasteiger partial charge in [0.1, 0.15) is 5.76 Å². The van der Waals surface area contributed by atoms with Gasteiger partial charge in [-0.3, -0.25) is 0 Å².